The Morgan fingerprint density at radius 2 is 1.54 bits per heavy atom. The third kappa shape index (κ3) is 4.98. The maximum absolute atomic E-state index is 10.4. The van der Waals surface area contributed by atoms with Gasteiger partial charge < -0.3 is 20.4 Å². The van der Waals surface area contributed by atoms with Gasteiger partial charge >= 0.3 is 0 Å². The molecule has 24 heavy (non-hydrogen) atoms. The van der Waals surface area contributed by atoms with Gasteiger partial charge in [-0.2, -0.15) is 0 Å². The summed E-state index contributed by atoms with van der Waals surface area (Å²) < 4.78 is 0. The zero-order chi connectivity index (χ0) is 17.5. The minimum Gasteiger partial charge on any atom is -0.508 e. The van der Waals surface area contributed by atoms with Gasteiger partial charge in [0.2, 0.25) is 0 Å². The number of aryl methyl sites for hydroxylation is 3. The minimum absolute atomic E-state index is 0.103. The van der Waals surface area contributed by atoms with E-state index in [0.717, 1.165) is 16.7 Å². The second-order valence-corrected chi connectivity index (χ2v) is 6.35. The van der Waals surface area contributed by atoms with Gasteiger partial charge in [-0.1, -0.05) is 35.9 Å². The highest BCUT2D eigenvalue weighted by Crippen LogP contribution is 2.24. The van der Waals surface area contributed by atoms with Crippen LogP contribution in [0.5, 0.6) is 11.5 Å². The molecule has 0 heterocycles. The molecule has 2 unspecified atom stereocenters. The Balaban J connectivity index is 1.90. The molecule has 2 rings (SSSR count). The molecule has 2 atom stereocenters. The van der Waals surface area contributed by atoms with Crippen molar-refractivity contribution in [2.45, 2.75) is 38.7 Å². The Kier molecular flexibility index (Phi) is 6.64. The van der Waals surface area contributed by atoms with Crippen molar-refractivity contribution < 1.29 is 20.4 Å². The van der Waals surface area contributed by atoms with E-state index in [9.17, 15) is 20.4 Å². The fraction of sp³-hybridized carbons (Fsp3) is 0.400. The van der Waals surface area contributed by atoms with E-state index in [0.29, 0.717) is 25.7 Å². The molecule has 0 aliphatic rings. The van der Waals surface area contributed by atoms with Gasteiger partial charge in [-0.15, -0.1) is 0 Å². The number of aromatic hydroxyl groups is 2. The number of phenolic OH excluding ortho intramolecular Hbond substituents is 2. The first-order valence-electron chi connectivity index (χ1n) is 8.35. The predicted octanol–water partition coefficient (Wildman–Crippen LogP) is 2.94. The second kappa shape index (κ2) is 8.71. The highest BCUT2D eigenvalue weighted by atomic mass is 16.3. The lowest BCUT2D eigenvalue weighted by Gasteiger charge is -2.21. The van der Waals surface area contributed by atoms with E-state index in [1.54, 1.807) is 18.2 Å². The zero-order valence-corrected chi connectivity index (χ0v) is 14.0. The van der Waals surface area contributed by atoms with E-state index < -0.39 is 6.10 Å². The summed E-state index contributed by atoms with van der Waals surface area (Å²) in [6.07, 6.45) is 1.57. The molecule has 0 aromatic heterocycles. The summed E-state index contributed by atoms with van der Waals surface area (Å²) in [4.78, 5) is 0. The first-order chi connectivity index (χ1) is 11.5. The number of aliphatic hydroxyl groups is 2. The van der Waals surface area contributed by atoms with E-state index in [-0.39, 0.29) is 24.0 Å². The second-order valence-electron chi connectivity index (χ2n) is 6.35. The van der Waals surface area contributed by atoms with Crippen molar-refractivity contribution in [1.29, 1.82) is 0 Å². The van der Waals surface area contributed by atoms with Crippen LogP contribution in [0.4, 0.5) is 0 Å². The monoisotopic (exact) mass is 330 g/mol. The summed E-state index contributed by atoms with van der Waals surface area (Å²) in [6.45, 7) is 1.86. The van der Waals surface area contributed by atoms with Crippen molar-refractivity contribution >= 4 is 0 Å². The van der Waals surface area contributed by atoms with Crippen LogP contribution in [0.2, 0.25) is 0 Å². The minimum atomic E-state index is -0.652. The maximum atomic E-state index is 10.4. The predicted molar refractivity (Wildman–Crippen MR) is 94.2 cm³/mol. The van der Waals surface area contributed by atoms with Crippen LogP contribution in [0.15, 0.2) is 42.5 Å². The van der Waals surface area contributed by atoms with Crippen molar-refractivity contribution in [3.8, 4) is 11.5 Å². The molecule has 2 aromatic rings. The Morgan fingerprint density at radius 1 is 0.875 bits per heavy atom. The zero-order valence-electron chi connectivity index (χ0n) is 14.0. The standard InChI is InChI=1S/C20H26O4/c1-14-6-10-19(23)16(12-14)9-11-20(24)17(13-21)8-7-15-4-2-3-5-18(15)22/h2-6,10,12,17,20-24H,7-9,11,13H2,1H3. The van der Waals surface area contributed by atoms with Gasteiger partial charge in [0.25, 0.3) is 0 Å². The van der Waals surface area contributed by atoms with Gasteiger partial charge in [0.1, 0.15) is 11.5 Å². The van der Waals surface area contributed by atoms with Crippen LogP contribution < -0.4 is 0 Å². The van der Waals surface area contributed by atoms with E-state index in [2.05, 4.69) is 0 Å². The summed E-state index contributed by atoms with van der Waals surface area (Å²) in [6, 6.07) is 12.5. The number of rotatable bonds is 8. The SMILES string of the molecule is Cc1ccc(O)c(CCC(O)C(CO)CCc2ccccc2O)c1. The van der Waals surface area contributed by atoms with Gasteiger partial charge in [-0.25, -0.2) is 0 Å². The molecular formula is C20H26O4. The average molecular weight is 330 g/mol. The first kappa shape index (κ1) is 18.3. The van der Waals surface area contributed by atoms with Crippen LogP contribution in [0.1, 0.15) is 29.5 Å². The number of hydrogen-bond donors (Lipinski definition) is 4. The molecule has 0 bridgehead atoms. The summed E-state index contributed by atoms with van der Waals surface area (Å²) in [5.74, 6) is 0.229. The Labute approximate surface area is 143 Å². The van der Waals surface area contributed by atoms with Gasteiger partial charge in [-0.3, -0.25) is 0 Å². The summed E-state index contributed by atoms with van der Waals surface area (Å²) in [5, 5.41) is 39.6. The van der Waals surface area contributed by atoms with Crippen LogP contribution in [0, 0.1) is 12.8 Å². The van der Waals surface area contributed by atoms with Gasteiger partial charge in [0.05, 0.1) is 6.10 Å². The van der Waals surface area contributed by atoms with Crippen LogP contribution in [-0.4, -0.2) is 33.1 Å². The molecule has 4 heteroatoms. The fourth-order valence-corrected chi connectivity index (χ4v) is 2.92. The molecule has 0 fully saturated rings. The molecule has 0 aliphatic carbocycles. The quantitative estimate of drug-likeness (QED) is 0.600. The Hall–Kier alpha value is -2.04. The smallest absolute Gasteiger partial charge is 0.118 e. The van der Waals surface area contributed by atoms with Gasteiger partial charge in [0.15, 0.2) is 0 Å². The number of aliphatic hydroxyl groups excluding tert-OH is 2. The summed E-state index contributed by atoms with van der Waals surface area (Å²) in [7, 11) is 0. The molecule has 4 N–H and O–H groups in total. The van der Waals surface area contributed by atoms with Crippen LogP contribution in [0.3, 0.4) is 0 Å². The number of phenols is 2. The lowest BCUT2D eigenvalue weighted by atomic mass is 9.91. The molecule has 0 spiro atoms. The first-order valence-corrected chi connectivity index (χ1v) is 8.35. The summed E-state index contributed by atoms with van der Waals surface area (Å²) >= 11 is 0. The van der Waals surface area contributed by atoms with Crippen LogP contribution >= 0.6 is 0 Å². The highest BCUT2D eigenvalue weighted by Gasteiger charge is 2.19. The van der Waals surface area contributed by atoms with E-state index in [1.807, 2.05) is 31.2 Å². The molecule has 130 valence electrons. The molecule has 0 aliphatic heterocycles. The van der Waals surface area contributed by atoms with Crippen molar-refractivity contribution in [3.63, 3.8) is 0 Å². The van der Waals surface area contributed by atoms with E-state index in [1.165, 1.54) is 0 Å². The fourth-order valence-electron chi connectivity index (χ4n) is 2.92. The molecule has 0 radical (unpaired) electrons. The Bertz CT molecular complexity index is 654. The lowest BCUT2D eigenvalue weighted by molar-refractivity contribution is 0.0565. The Morgan fingerprint density at radius 3 is 2.25 bits per heavy atom. The maximum Gasteiger partial charge on any atom is 0.118 e. The van der Waals surface area contributed by atoms with E-state index >= 15 is 0 Å². The molecule has 4 nitrogen and oxygen atoms in total. The molecule has 0 saturated carbocycles. The number of hydrogen-bond acceptors (Lipinski definition) is 4. The third-order valence-electron chi connectivity index (χ3n) is 4.50. The van der Waals surface area contributed by atoms with Crippen LogP contribution in [-0.2, 0) is 12.8 Å². The van der Waals surface area contributed by atoms with Crippen molar-refractivity contribution in [2.75, 3.05) is 6.61 Å². The summed E-state index contributed by atoms with van der Waals surface area (Å²) in [5.41, 5.74) is 2.70. The van der Waals surface area contributed by atoms with Crippen molar-refractivity contribution in [3.05, 3.63) is 59.2 Å². The van der Waals surface area contributed by atoms with Gasteiger partial charge in [0, 0.05) is 12.5 Å². The molecule has 2 aromatic carbocycles. The normalized spacial score (nSPS) is 13.6. The van der Waals surface area contributed by atoms with Crippen molar-refractivity contribution in [1.82, 2.24) is 0 Å². The number of benzene rings is 2. The molecule has 0 amide bonds. The van der Waals surface area contributed by atoms with Crippen molar-refractivity contribution in [2.24, 2.45) is 5.92 Å². The molecule has 0 saturated heterocycles. The topological polar surface area (TPSA) is 80.9 Å². The van der Waals surface area contributed by atoms with Crippen LogP contribution in [0.25, 0.3) is 0 Å². The van der Waals surface area contributed by atoms with E-state index in [4.69, 9.17) is 0 Å². The lowest BCUT2D eigenvalue weighted by Crippen LogP contribution is -2.25. The average Bonchev–Trinajstić information content (AvgIpc) is 2.57. The molecular weight excluding hydrogens is 304 g/mol. The van der Waals surface area contributed by atoms with Gasteiger partial charge in [-0.05, 0) is 55.9 Å². The third-order valence-corrected chi connectivity index (χ3v) is 4.50. The number of para-hydroxylation sites is 1. The largest absolute Gasteiger partial charge is 0.508 e. The highest BCUT2D eigenvalue weighted by molar-refractivity contribution is 5.35.